The first-order valence-electron chi connectivity index (χ1n) is 5.40. The van der Waals surface area contributed by atoms with E-state index in [-0.39, 0.29) is 17.8 Å². The third kappa shape index (κ3) is 3.10. The molecule has 0 bridgehead atoms. The van der Waals surface area contributed by atoms with Gasteiger partial charge in [-0.25, -0.2) is 4.98 Å². The first-order chi connectivity index (χ1) is 7.81. The van der Waals surface area contributed by atoms with Gasteiger partial charge in [-0.15, -0.1) is 0 Å². The van der Waals surface area contributed by atoms with E-state index in [4.69, 9.17) is 10.2 Å². The number of nitrogens with zero attached hydrogens (tertiary/aromatic N) is 1. The SMILES string of the molecule is F.NCCCCC(=O)c1nc2ccccc2o1.[HH]. The molecule has 1 aromatic carbocycles. The molecule has 1 aromatic heterocycles. The molecule has 0 unspecified atom stereocenters. The molecule has 0 amide bonds. The molecule has 2 rings (SSSR count). The number of aromatic nitrogens is 1. The monoisotopic (exact) mass is 240 g/mol. The fraction of sp³-hybridized carbons (Fsp3) is 0.333. The van der Waals surface area contributed by atoms with Crippen molar-refractivity contribution >= 4 is 16.9 Å². The normalized spacial score (nSPS) is 10.2. The van der Waals surface area contributed by atoms with Crippen LogP contribution in [-0.2, 0) is 0 Å². The van der Waals surface area contributed by atoms with Gasteiger partial charge in [0.25, 0.3) is 5.89 Å². The molecule has 0 atom stereocenters. The van der Waals surface area contributed by atoms with Gasteiger partial charge in [-0.3, -0.25) is 9.50 Å². The van der Waals surface area contributed by atoms with E-state index in [2.05, 4.69) is 4.98 Å². The molecule has 0 aliphatic heterocycles. The Morgan fingerprint density at radius 2 is 2.12 bits per heavy atom. The number of fused-ring (bicyclic) bond motifs is 1. The fourth-order valence-corrected chi connectivity index (χ4v) is 1.53. The number of benzene rings is 1. The molecule has 0 saturated heterocycles. The van der Waals surface area contributed by atoms with E-state index >= 15 is 0 Å². The van der Waals surface area contributed by atoms with Gasteiger partial charge in [0.1, 0.15) is 5.52 Å². The summed E-state index contributed by atoms with van der Waals surface area (Å²) in [6.07, 6.45) is 2.09. The Balaban J connectivity index is 0.00000144. The van der Waals surface area contributed by atoms with Crippen LogP contribution in [0, 0.1) is 0 Å². The number of oxazole rings is 1. The van der Waals surface area contributed by atoms with Crippen molar-refractivity contribution in [2.24, 2.45) is 5.73 Å². The lowest BCUT2D eigenvalue weighted by Crippen LogP contribution is -2.02. The van der Waals surface area contributed by atoms with Gasteiger partial charge in [-0.05, 0) is 31.5 Å². The molecule has 2 N–H and O–H groups in total. The van der Waals surface area contributed by atoms with Gasteiger partial charge < -0.3 is 10.2 Å². The first-order valence-corrected chi connectivity index (χ1v) is 5.40. The van der Waals surface area contributed by atoms with Crippen molar-refractivity contribution in [3.63, 3.8) is 0 Å². The van der Waals surface area contributed by atoms with Gasteiger partial charge in [-0.1, -0.05) is 12.1 Å². The molecule has 17 heavy (non-hydrogen) atoms. The minimum atomic E-state index is -0.0513. The molecule has 1 heterocycles. The van der Waals surface area contributed by atoms with Crippen LogP contribution in [0.3, 0.4) is 0 Å². The quantitative estimate of drug-likeness (QED) is 0.644. The molecule has 0 saturated carbocycles. The molecule has 0 spiro atoms. The number of carbonyl (C=O) groups is 1. The predicted octanol–water partition coefficient (Wildman–Crippen LogP) is 2.54. The highest BCUT2D eigenvalue weighted by Crippen LogP contribution is 2.16. The fourth-order valence-electron chi connectivity index (χ4n) is 1.53. The molecular formula is C12H17FN2O2. The standard InChI is InChI=1S/C12H14N2O2.FH.H2/c13-8-4-3-6-10(15)12-14-9-5-1-2-7-11(9)16-12;;/h1-2,5,7H,3-4,6,8,13H2;2*1H. The Morgan fingerprint density at radius 1 is 1.35 bits per heavy atom. The molecule has 5 heteroatoms. The van der Waals surface area contributed by atoms with Crippen LogP contribution in [0.2, 0.25) is 0 Å². The Kier molecular flexibility index (Phi) is 4.78. The number of hydrogen-bond donors (Lipinski definition) is 1. The molecule has 0 fully saturated rings. The van der Waals surface area contributed by atoms with Gasteiger partial charge in [-0.2, -0.15) is 0 Å². The van der Waals surface area contributed by atoms with Crippen molar-refractivity contribution in [3.8, 4) is 0 Å². The maximum atomic E-state index is 11.7. The lowest BCUT2D eigenvalue weighted by Gasteiger charge is -1.94. The smallest absolute Gasteiger partial charge is 0.264 e. The van der Waals surface area contributed by atoms with E-state index in [1.807, 2.05) is 18.2 Å². The van der Waals surface area contributed by atoms with Crippen molar-refractivity contribution in [2.45, 2.75) is 19.3 Å². The van der Waals surface area contributed by atoms with E-state index < -0.39 is 0 Å². The van der Waals surface area contributed by atoms with Gasteiger partial charge in [0.05, 0.1) is 0 Å². The molecule has 4 nitrogen and oxygen atoms in total. The zero-order chi connectivity index (χ0) is 11.4. The average molecular weight is 240 g/mol. The molecule has 0 aliphatic carbocycles. The van der Waals surface area contributed by atoms with E-state index in [9.17, 15) is 4.79 Å². The molecule has 2 aromatic rings. The topological polar surface area (TPSA) is 69.1 Å². The second-order valence-electron chi connectivity index (χ2n) is 3.66. The van der Waals surface area contributed by atoms with Crippen molar-refractivity contribution < 1.29 is 15.3 Å². The lowest BCUT2D eigenvalue weighted by atomic mass is 10.2. The Morgan fingerprint density at radius 3 is 2.82 bits per heavy atom. The second-order valence-corrected chi connectivity index (χ2v) is 3.66. The summed E-state index contributed by atoms with van der Waals surface area (Å²) >= 11 is 0. The summed E-state index contributed by atoms with van der Waals surface area (Å²) < 4.78 is 5.37. The van der Waals surface area contributed by atoms with Gasteiger partial charge in [0.2, 0.25) is 5.78 Å². The largest absolute Gasteiger partial charge is 0.434 e. The van der Waals surface area contributed by atoms with Gasteiger partial charge in [0, 0.05) is 7.85 Å². The molecular weight excluding hydrogens is 223 g/mol. The lowest BCUT2D eigenvalue weighted by molar-refractivity contribution is 0.0948. The van der Waals surface area contributed by atoms with Gasteiger partial charge in [0.15, 0.2) is 5.58 Å². The summed E-state index contributed by atoms with van der Waals surface area (Å²) in [5.74, 6) is 0.155. The van der Waals surface area contributed by atoms with E-state index in [1.54, 1.807) is 6.07 Å². The van der Waals surface area contributed by atoms with Crippen LogP contribution in [0.5, 0.6) is 0 Å². The number of ketones is 1. The zero-order valence-corrected chi connectivity index (χ0v) is 9.39. The van der Waals surface area contributed by atoms with E-state index in [0.29, 0.717) is 18.5 Å². The summed E-state index contributed by atoms with van der Waals surface area (Å²) in [7, 11) is 0. The third-order valence-electron chi connectivity index (χ3n) is 2.39. The van der Waals surface area contributed by atoms with E-state index in [1.165, 1.54) is 0 Å². The number of nitrogens with two attached hydrogens (primary N) is 1. The minimum absolute atomic E-state index is 0. The summed E-state index contributed by atoms with van der Waals surface area (Å²) in [4.78, 5) is 15.8. The zero-order valence-electron chi connectivity index (χ0n) is 9.39. The van der Waals surface area contributed by atoms with E-state index in [0.717, 1.165) is 18.4 Å². The van der Waals surface area contributed by atoms with Crippen LogP contribution in [0.4, 0.5) is 4.70 Å². The number of halogens is 1. The minimum Gasteiger partial charge on any atom is -0.434 e. The van der Waals surface area contributed by atoms with Crippen LogP contribution in [0.25, 0.3) is 11.1 Å². The second kappa shape index (κ2) is 6.10. The molecule has 94 valence electrons. The Hall–Kier alpha value is -1.75. The Bertz CT molecular complexity index is 469. The number of rotatable bonds is 5. The first kappa shape index (κ1) is 13.3. The summed E-state index contributed by atoms with van der Waals surface area (Å²) in [5, 5.41) is 0. The summed E-state index contributed by atoms with van der Waals surface area (Å²) in [5.41, 5.74) is 6.75. The van der Waals surface area contributed by atoms with Crippen molar-refractivity contribution in [3.05, 3.63) is 30.2 Å². The van der Waals surface area contributed by atoms with Crippen LogP contribution < -0.4 is 5.73 Å². The average Bonchev–Trinajstić information content (AvgIpc) is 2.73. The maximum Gasteiger partial charge on any atom is 0.264 e. The van der Waals surface area contributed by atoms with Gasteiger partial charge >= 0.3 is 0 Å². The number of carbonyl (C=O) groups excluding carboxylic acids is 1. The molecule has 0 radical (unpaired) electrons. The highest BCUT2D eigenvalue weighted by Gasteiger charge is 2.13. The third-order valence-corrected chi connectivity index (χ3v) is 2.39. The van der Waals surface area contributed by atoms with Crippen LogP contribution in [-0.4, -0.2) is 17.3 Å². The van der Waals surface area contributed by atoms with Crippen molar-refractivity contribution in [1.29, 1.82) is 0 Å². The highest BCUT2D eigenvalue weighted by atomic mass is 19.0. The number of unbranched alkanes of at least 4 members (excludes halogenated alkanes) is 1. The predicted molar refractivity (Wildman–Crippen MR) is 65.9 cm³/mol. The summed E-state index contributed by atoms with van der Waals surface area (Å²) in [6, 6.07) is 7.36. The number of para-hydroxylation sites is 2. The molecule has 0 aliphatic rings. The van der Waals surface area contributed by atoms with Crippen LogP contribution in [0.15, 0.2) is 28.7 Å². The van der Waals surface area contributed by atoms with Crippen molar-refractivity contribution in [2.75, 3.05) is 6.54 Å². The number of Topliss-reactive ketones (excluding diaryl/α,β-unsaturated/α-hetero) is 1. The maximum absolute atomic E-state index is 11.7. The Labute approximate surface area is 99.7 Å². The number of hydrogen-bond acceptors (Lipinski definition) is 4. The summed E-state index contributed by atoms with van der Waals surface area (Å²) in [6.45, 7) is 0.612. The van der Waals surface area contributed by atoms with Crippen LogP contribution in [0.1, 0.15) is 31.4 Å². The van der Waals surface area contributed by atoms with Crippen molar-refractivity contribution in [1.82, 2.24) is 4.98 Å². The highest BCUT2D eigenvalue weighted by molar-refractivity contribution is 5.94. The van der Waals surface area contributed by atoms with Crippen LogP contribution >= 0.6 is 0 Å².